The maximum absolute atomic E-state index is 11.9. The van der Waals surface area contributed by atoms with E-state index in [2.05, 4.69) is 18.0 Å². The number of amides is 1. The van der Waals surface area contributed by atoms with E-state index in [1.807, 2.05) is 12.3 Å². The Hall–Kier alpha value is -1.40. The zero-order valence-electron chi connectivity index (χ0n) is 9.56. The van der Waals surface area contributed by atoms with Crippen molar-refractivity contribution in [1.82, 2.24) is 4.90 Å². The number of thioether (sulfide) groups is 1. The van der Waals surface area contributed by atoms with Crippen LogP contribution in [0, 0.1) is 0 Å². The highest BCUT2D eigenvalue weighted by molar-refractivity contribution is 7.99. The van der Waals surface area contributed by atoms with Crippen LogP contribution in [0.3, 0.4) is 0 Å². The second-order valence-electron chi connectivity index (χ2n) is 3.36. The van der Waals surface area contributed by atoms with Crippen LogP contribution >= 0.6 is 11.8 Å². The molecule has 1 aliphatic rings. The topological polar surface area (TPSA) is 20.3 Å². The standard InChI is InChI=1S/C13H15NOS/c1-4-12(16-3)10-13(15)14(2)11-8-6-5-7-9-11/h4,6,8-9,12H,1,10H2,2-3H3. The number of rotatable bonds is 5. The Balaban J connectivity index is 2.61. The predicted octanol–water partition coefficient (Wildman–Crippen LogP) is 2.52. The number of hydrogen-bond acceptors (Lipinski definition) is 2. The molecule has 2 nitrogen and oxygen atoms in total. The largest absolute Gasteiger partial charge is 0.315 e. The summed E-state index contributed by atoms with van der Waals surface area (Å²) in [4.78, 5) is 13.5. The second kappa shape index (κ2) is 6.24. The Morgan fingerprint density at radius 1 is 1.69 bits per heavy atom. The van der Waals surface area contributed by atoms with Gasteiger partial charge in [-0.3, -0.25) is 4.79 Å². The van der Waals surface area contributed by atoms with Gasteiger partial charge in [-0.1, -0.05) is 17.5 Å². The first-order valence-corrected chi connectivity index (χ1v) is 6.27. The van der Waals surface area contributed by atoms with E-state index in [1.165, 1.54) is 0 Å². The van der Waals surface area contributed by atoms with Crippen molar-refractivity contribution in [2.45, 2.75) is 11.7 Å². The summed E-state index contributed by atoms with van der Waals surface area (Å²) in [6, 6.07) is 0. The van der Waals surface area contributed by atoms with Gasteiger partial charge in [-0.2, -0.15) is 11.8 Å². The molecule has 1 amide bonds. The Morgan fingerprint density at radius 3 is 2.94 bits per heavy atom. The van der Waals surface area contributed by atoms with Gasteiger partial charge >= 0.3 is 0 Å². The Labute approximate surface area is 101 Å². The molecule has 0 saturated heterocycles. The summed E-state index contributed by atoms with van der Waals surface area (Å²) >= 11 is 1.63. The molecule has 0 bridgehead atoms. The molecule has 1 unspecified atom stereocenters. The quantitative estimate of drug-likeness (QED) is 0.537. The number of hydrogen-bond donors (Lipinski definition) is 0. The number of nitrogens with zero attached hydrogens (tertiary/aromatic N) is 1. The summed E-state index contributed by atoms with van der Waals surface area (Å²) in [6.45, 7) is 3.71. The van der Waals surface area contributed by atoms with Crippen LogP contribution in [0.15, 0.2) is 48.0 Å². The van der Waals surface area contributed by atoms with Crippen LogP contribution < -0.4 is 0 Å². The van der Waals surface area contributed by atoms with Gasteiger partial charge in [0.15, 0.2) is 0 Å². The second-order valence-corrected chi connectivity index (χ2v) is 4.43. The molecule has 1 rings (SSSR count). The Morgan fingerprint density at radius 2 is 2.44 bits per heavy atom. The van der Waals surface area contributed by atoms with Crippen molar-refractivity contribution in [3.05, 3.63) is 48.0 Å². The van der Waals surface area contributed by atoms with Crippen molar-refractivity contribution in [3.8, 4) is 0 Å². The van der Waals surface area contributed by atoms with Crippen LogP contribution in [0.5, 0.6) is 0 Å². The molecule has 0 radical (unpaired) electrons. The predicted molar refractivity (Wildman–Crippen MR) is 69.1 cm³/mol. The van der Waals surface area contributed by atoms with Crippen molar-refractivity contribution >= 4 is 17.7 Å². The highest BCUT2D eigenvalue weighted by atomic mass is 32.2. The molecule has 84 valence electrons. The molecule has 0 saturated carbocycles. The first-order valence-electron chi connectivity index (χ1n) is 4.98. The van der Waals surface area contributed by atoms with Gasteiger partial charge in [0.1, 0.15) is 0 Å². The molecule has 1 aliphatic carbocycles. The van der Waals surface area contributed by atoms with E-state index in [4.69, 9.17) is 0 Å². The third-order valence-corrected chi connectivity index (χ3v) is 3.31. The molecule has 0 aromatic heterocycles. The van der Waals surface area contributed by atoms with Crippen LogP contribution in [0.1, 0.15) is 6.42 Å². The van der Waals surface area contributed by atoms with E-state index in [1.54, 1.807) is 41.9 Å². The van der Waals surface area contributed by atoms with Crippen LogP contribution in [-0.4, -0.2) is 29.4 Å². The number of carbonyl (C=O) groups is 1. The maximum atomic E-state index is 11.9. The molecule has 16 heavy (non-hydrogen) atoms. The lowest BCUT2D eigenvalue weighted by Gasteiger charge is -2.19. The van der Waals surface area contributed by atoms with Gasteiger partial charge < -0.3 is 4.90 Å². The zero-order valence-corrected chi connectivity index (χ0v) is 10.4. The summed E-state index contributed by atoms with van der Waals surface area (Å²) in [6.07, 6.45) is 9.60. The number of allylic oxidation sites excluding steroid dienone is 3. The van der Waals surface area contributed by atoms with Crippen molar-refractivity contribution in [2.75, 3.05) is 13.3 Å². The lowest BCUT2D eigenvalue weighted by atomic mass is 10.2. The molecule has 0 N–H and O–H groups in total. The smallest absolute Gasteiger partial charge is 0.228 e. The molecule has 0 fully saturated rings. The zero-order chi connectivity index (χ0) is 12.0. The normalized spacial score (nSPS) is 14.5. The SMILES string of the molecule is C=CC(CC(=O)N(C)C1=CC=C=C=C1)SC. The molecule has 0 heterocycles. The third kappa shape index (κ3) is 3.32. The molecule has 0 aliphatic heterocycles. The van der Waals surface area contributed by atoms with E-state index in [-0.39, 0.29) is 11.2 Å². The van der Waals surface area contributed by atoms with Gasteiger partial charge in [-0.25, -0.2) is 0 Å². The highest BCUT2D eigenvalue weighted by Crippen LogP contribution is 2.15. The first-order chi connectivity index (χ1) is 7.69. The molecule has 3 heteroatoms. The summed E-state index contributed by atoms with van der Waals surface area (Å²) in [5.74, 6) is 0.0823. The molecule has 0 spiro atoms. The summed E-state index contributed by atoms with van der Waals surface area (Å²) in [5.41, 5.74) is 6.48. The minimum atomic E-state index is 0.0823. The fraction of sp³-hybridized carbons (Fsp3) is 0.308. The average Bonchev–Trinajstić information content (AvgIpc) is 2.35. The van der Waals surface area contributed by atoms with Gasteiger partial charge in [-0.05, 0) is 18.4 Å². The monoisotopic (exact) mass is 233 g/mol. The lowest BCUT2D eigenvalue weighted by Crippen LogP contribution is -2.27. The van der Waals surface area contributed by atoms with E-state index < -0.39 is 0 Å². The van der Waals surface area contributed by atoms with Gasteiger partial charge in [-0.15, -0.1) is 6.58 Å². The van der Waals surface area contributed by atoms with Gasteiger partial charge in [0, 0.05) is 24.8 Å². The van der Waals surface area contributed by atoms with Gasteiger partial charge in [0.2, 0.25) is 5.91 Å². The molecular formula is C13H15NOS. The van der Waals surface area contributed by atoms with Crippen molar-refractivity contribution in [2.24, 2.45) is 0 Å². The Kier molecular flexibility index (Phi) is 4.94. The van der Waals surface area contributed by atoms with E-state index in [0.29, 0.717) is 6.42 Å². The minimum Gasteiger partial charge on any atom is -0.315 e. The summed E-state index contributed by atoms with van der Waals surface area (Å²) < 4.78 is 0. The van der Waals surface area contributed by atoms with Crippen LogP contribution in [0.4, 0.5) is 0 Å². The van der Waals surface area contributed by atoms with Crippen molar-refractivity contribution < 1.29 is 4.79 Å². The third-order valence-electron chi connectivity index (χ3n) is 2.34. The number of carbonyl (C=O) groups excluding carboxylic acids is 1. The number of likely N-dealkylation sites (N-methyl/N-ethyl adjacent to an activating group) is 1. The van der Waals surface area contributed by atoms with Crippen molar-refractivity contribution in [1.29, 1.82) is 0 Å². The van der Waals surface area contributed by atoms with Gasteiger partial charge in [0.05, 0.1) is 5.70 Å². The minimum absolute atomic E-state index is 0.0823. The van der Waals surface area contributed by atoms with Crippen molar-refractivity contribution in [3.63, 3.8) is 0 Å². The fourth-order valence-electron chi connectivity index (χ4n) is 1.26. The lowest BCUT2D eigenvalue weighted by molar-refractivity contribution is -0.127. The molecule has 1 atom stereocenters. The fourth-order valence-corrected chi connectivity index (χ4v) is 1.77. The van der Waals surface area contributed by atoms with E-state index in [0.717, 1.165) is 5.70 Å². The maximum Gasteiger partial charge on any atom is 0.228 e. The summed E-state index contributed by atoms with van der Waals surface area (Å²) in [7, 11) is 1.77. The van der Waals surface area contributed by atoms with E-state index >= 15 is 0 Å². The molecule has 0 aromatic carbocycles. The molecular weight excluding hydrogens is 218 g/mol. The van der Waals surface area contributed by atoms with Gasteiger partial charge in [0.25, 0.3) is 0 Å². The highest BCUT2D eigenvalue weighted by Gasteiger charge is 2.15. The van der Waals surface area contributed by atoms with Crippen LogP contribution in [0.25, 0.3) is 0 Å². The average molecular weight is 233 g/mol. The van der Waals surface area contributed by atoms with Crippen LogP contribution in [0.2, 0.25) is 0 Å². The van der Waals surface area contributed by atoms with E-state index in [9.17, 15) is 4.79 Å². The van der Waals surface area contributed by atoms with Crippen LogP contribution in [-0.2, 0) is 4.79 Å². The summed E-state index contributed by atoms with van der Waals surface area (Å²) in [5, 5.41) is 0.175. The Bertz CT molecular complexity index is 410. The first kappa shape index (κ1) is 12.7. The molecule has 0 aromatic rings.